The van der Waals surface area contributed by atoms with Crippen LogP contribution in [0.2, 0.25) is 0 Å². The molecule has 3 aromatic rings. The van der Waals surface area contributed by atoms with Crippen LogP contribution in [-0.4, -0.2) is 21.8 Å². The van der Waals surface area contributed by atoms with Crippen LogP contribution < -0.4 is 16.0 Å². The molecule has 0 saturated heterocycles. The van der Waals surface area contributed by atoms with Gasteiger partial charge in [0.1, 0.15) is 0 Å². The Hall–Kier alpha value is -2.93. The Morgan fingerprint density at radius 1 is 1.15 bits per heavy atom. The number of nitrogens with zero attached hydrogens (tertiary/aromatic N) is 1. The minimum Gasteiger partial charge on any atom is -0.384 e. The number of H-pyrrole nitrogens is 1. The van der Waals surface area contributed by atoms with E-state index in [1.165, 1.54) is 48.6 Å². The van der Waals surface area contributed by atoms with Crippen LogP contribution >= 0.6 is 11.8 Å². The number of anilines is 3. The molecule has 2 aromatic carbocycles. The van der Waals surface area contributed by atoms with E-state index < -0.39 is 0 Å². The zero-order valence-electron chi connectivity index (χ0n) is 19.7. The number of hydrogen-bond donors (Lipinski definition) is 4. The van der Waals surface area contributed by atoms with E-state index >= 15 is 0 Å². The van der Waals surface area contributed by atoms with Crippen molar-refractivity contribution in [3.63, 3.8) is 0 Å². The number of aryl methyl sites for hydroxylation is 1. The topological polar surface area (TPSA) is 81.8 Å². The molecule has 0 bridgehead atoms. The predicted molar refractivity (Wildman–Crippen MR) is 144 cm³/mol. The lowest BCUT2D eigenvalue weighted by Gasteiger charge is -2.29. The van der Waals surface area contributed by atoms with Crippen molar-refractivity contribution in [1.82, 2.24) is 9.97 Å². The van der Waals surface area contributed by atoms with E-state index in [1.54, 1.807) is 6.33 Å². The molecule has 0 aliphatic heterocycles. The minimum absolute atomic E-state index is 0.0355. The standard InChI is InChI=1S/C27H33N5OS/c1-2-28-25-16-21-19(14-26(25)32-27(33)34-13-12-18-6-3-4-7-18)8-5-9-22(21)31-20-10-11-23-24(15-20)30-17-29-23/h10-18,22,28,31H,2-9H2,1H3,(H,29,30)(H,32,33). The highest BCUT2D eigenvalue weighted by molar-refractivity contribution is 8.16. The zero-order chi connectivity index (χ0) is 23.3. The second kappa shape index (κ2) is 10.6. The molecule has 6 nitrogen and oxygen atoms in total. The van der Waals surface area contributed by atoms with Crippen molar-refractivity contribution in [3.05, 3.63) is 59.3 Å². The van der Waals surface area contributed by atoms with Crippen LogP contribution in [0.4, 0.5) is 21.9 Å². The van der Waals surface area contributed by atoms with Crippen LogP contribution in [0.25, 0.3) is 11.0 Å². The summed E-state index contributed by atoms with van der Waals surface area (Å²) in [5, 5.41) is 12.2. The normalized spacial score (nSPS) is 18.3. The van der Waals surface area contributed by atoms with Crippen molar-refractivity contribution < 1.29 is 4.79 Å². The molecule has 5 rings (SSSR count). The molecule has 1 atom stereocenters. The molecule has 0 spiro atoms. The van der Waals surface area contributed by atoms with Gasteiger partial charge in [-0.25, -0.2) is 4.98 Å². The first-order chi connectivity index (χ1) is 16.7. The van der Waals surface area contributed by atoms with Gasteiger partial charge in [-0.05, 0) is 104 Å². The molecule has 178 valence electrons. The Bertz CT molecular complexity index is 1180. The average molecular weight is 476 g/mol. The lowest BCUT2D eigenvalue weighted by atomic mass is 9.86. The number of aromatic nitrogens is 2. The highest BCUT2D eigenvalue weighted by Crippen LogP contribution is 2.38. The van der Waals surface area contributed by atoms with Crippen LogP contribution in [-0.2, 0) is 6.42 Å². The van der Waals surface area contributed by atoms with E-state index in [0.29, 0.717) is 5.92 Å². The molecule has 2 aliphatic carbocycles. The first-order valence-corrected chi connectivity index (χ1v) is 13.3. The van der Waals surface area contributed by atoms with Gasteiger partial charge in [-0.2, -0.15) is 0 Å². The molecule has 4 N–H and O–H groups in total. The van der Waals surface area contributed by atoms with Gasteiger partial charge in [-0.15, -0.1) is 0 Å². The summed E-state index contributed by atoms with van der Waals surface area (Å²) in [5.41, 5.74) is 7.54. The SMILES string of the molecule is CCNc1cc2c(cc1NC(=O)SC=CC1CCCC1)CCCC2Nc1ccc2nc[nH]c2c1. The van der Waals surface area contributed by atoms with Crippen molar-refractivity contribution in [2.45, 2.75) is 57.9 Å². The minimum atomic E-state index is -0.0355. The lowest BCUT2D eigenvalue weighted by molar-refractivity contribution is 0.270. The quantitative estimate of drug-likeness (QED) is 0.285. The molecular weight excluding hydrogens is 442 g/mol. The van der Waals surface area contributed by atoms with E-state index in [4.69, 9.17) is 0 Å². The van der Waals surface area contributed by atoms with Crippen LogP contribution in [0.1, 0.15) is 62.6 Å². The van der Waals surface area contributed by atoms with E-state index in [0.717, 1.165) is 53.9 Å². The number of aromatic amines is 1. The molecule has 2 aliphatic rings. The number of benzene rings is 2. The van der Waals surface area contributed by atoms with E-state index in [2.05, 4.69) is 63.2 Å². The second-order valence-electron chi connectivity index (χ2n) is 9.25. The number of thioether (sulfide) groups is 1. The highest BCUT2D eigenvalue weighted by atomic mass is 32.2. The number of carbonyl (C=O) groups is 1. The third-order valence-corrected chi connectivity index (χ3v) is 7.49. The van der Waals surface area contributed by atoms with Crippen molar-refractivity contribution in [1.29, 1.82) is 0 Å². The van der Waals surface area contributed by atoms with Gasteiger partial charge >= 0.3 is 0 Å². The first-order valence-electron chi connectivity index (χ1n) is 12.4. The first kappa shape index (κ1) is 22.8. The fourth-order valence-corrected chi connectivity index (χ4v) is 5.77. The number of carbonyl (C=O) groups excluding carboxylic acids is 1. The molecule has 1 unspecified atom stereocenters. The molecule has 7 heteroatoms. The summed E-state index contributed by atoms with van der Waals surface area (Å²) in [6.45, 7) is 2.88. The molecule has 0 radical (unpaired) electrons. The van der Waals surface area contributed by atoms with Gasteiger partial charge in [0, 0.05) is 12.2 Å². The largest absolute Gasteiger partial charge is 0.384 e. The number of imidazole rings is 1. The van der Waals surface area contributed by atoms with Gasteiger partial charge in [0.25, 0.3) is 5.24 Å². The highest BCUT2D eigenvalue weighted by Gasteiger charge is 2.23. The summed E-state index contributed by atoms with van der Waals surface area (Å²) in [7, 11) is 0. The number of allylic oxidation sites excluding steroid dienone is 1. The van der Waals surface area contributed by atoms with Gasteiger partial charge in [-0.3, -0.25) is 4.79 Å². The van der Waals surface area contributed by atoms with E-state index in [9.17, 15) is 4.79 Å². The summed E-state index contributed by atoms with van der Waals surface area (Å²) < 4.78 is 0. The summed E-state index contributed by atoms with van der Waals surface area (Å²) >= 11 is 1.25. The number of nitrogens with one attached hydrogen (secondary N) is 4. The Morgan fingerprint density at radius 2 is 2.03 bits per heavy atom. The van der Waals surface area contributed by atoms with Gasteiger partial charge in [-0.1, -0.05) is 18.9 Å². The molecular formula is C27H33N5OS. The Morgan fingerprint density at radius 3 is 2.88 bits per heavy atom. The summed E-state index contributed by atoms with van der Waals surface area (Å²) in [6, 6.07) is 10.9. The Balaban J connectivity index is 1.32. The van der Waals surface area contributed by atoms with Crippen LogP contribution in [0.15, 0.2) is 48.1 Å². The smallest absolute Gasteiger partial charge is 0.287 e. The van der Waals surface area contributed by atoms with Gasteiger partial charge in [0.15, 0.2) is 0 Å². The lowest BCUT2D eigenvalue weighted by Crippen LogP contribution is -2.19. The van der Waals surface area contributed by atoms with Crippen molar-refractivity contribution >= 4 is 45.1 Å². The van der Waals surface area contributed by atoms with E-state index in [1.807, 2.05) is 11.5 Å². The Labute approximate surface area is 205 Å². The van der Waals surface area contributed by atoms with Crippen molar-refractivity contribution in [3.8, 4) is 0 Å². The number of amides is 1. The van der Waals surface area contributed by atoms with Crippen LogP contribution in [0.3, 0.4) is 0 Å². The number of hydrogen-bond acceptors (Lipinski definition) is 5. The number of rotatable bonds is 7. The maximum absolute atomic E-state index is 12.7. The van der Waals surface area contributed by atoms with Gasteiger partial charge < -0.3 is 20.9 Å². The van der Waals surface area contributed by atoms with E-state index in [-0.39, 0.29) is 11.3 Å². The summed E-state index contributed by atoms with van der Waals surface area (Å²) in [4.78, 5) is 20.2. The zero-order valence-corrected chi connectivity index (χ0v) is 20.5. The average Bonchev–Trinajstić information content (AvgIpc) is 3.52. The van der Waals surface area contributed by atoms with Gasteiger partial charge in [0.2, 0.25) is 0 Å². The molecule has 1 saturated carbocycles. The second-order valence-corrected chi connectivity index (χ2v) is 10.1. The monoisotopic (exact) mass is 475 g/mol. The van der Waals surface area contributed by atoms with Crippen LogP contribution in [0.5, 0.6) is 0 Å². The third-order valence-electron chi connectivity index (χ3n) is 6.88. The van der Waals surface area contributed by atoms with Crippen molar-refractivity contribution in [2.24, 2.45) is 5.92 Å². The molecule has 1 aromatic heterocycles. The Kier molecular flexibility index (Phi) is 7.09. The predicted octanol–water partition coefficient (Wildman–Crippen LogP) is 7.45. The number of fused-ring (bicyclic) bond motifs is 2. The molecule has 1 amide bonds. The third kappa shape index (κ3) is 5.25. The fraction of sp³-hybridized carbons (Fsp3) is 0.407. The summed E-state index contributed by atoms with van der Waals surface area (Å²) in [5.74, 6) is 0.639. The van der Waals surface area contributed by atoms with Gasteiger partial charge in [0.05, 0.1) is 34.8 Å². The molecule has 34 heavy (non-hydrogen) atoms. The van der Waals surface area contributed by atoms with Crippen molar-refractivity contribution in [2.75, 3.05) is 22.5 Å². The van der Waals surface area contributed by atoms with Crippen LogP contribution in [0, 0.1) is 5.92 Å². The maximum Gasteiger partial charge on any atom is 0.287 e. The fourth-order valence-electron chi connectivity index (χ4n) is 5.17. The molecule has 1 heterocycles. The maximum atomic E-state index is 12.7. The molecule has 1 fully saturated rings. The summed E-state index contributed by atoms with van der Waals surface area (Å²) in [6.07, 6.45) is 12.3.